The van der Waals surface area contributed by atoms with Gasteiger partial charge in [0.15, 0.2) is 6.10 Å². The minimum absolute atomic E-state index is 0.0377. The molecule has 0 saturated heterocycles. The average Bonchev–Trinajstić information content (AvgIpc) is 3.11. The van der Waals surface area contributed by atoms with E-state index >= 15 is 0 Å². The molecule has 0 aromatic rings. The van der Waals surface area contributed by atoms with Crippen LogP contribution in [0.25, 0.3) is 0 Å². The summed E-state index contributed by atoms with van der Waals surface area (Å²) in [4.78, 5) is 36.7. The van der Waals surface area contributed by atoms with Gasteiger partial charge in [0.2, 0.25) is 0 Å². The van der Waals surface area contributed by atoms with Gasteiger partial charge in [0.05, 0.1) is 40.3 Å². The summed E-state index contributed by atoms with van der Waals surface area (Å²) in [5.74, 6) is -1.77. The van der Waals surface area contributed by atoms with E-state index in [4.69, 9.17) is 14.2 Å². The van der Waals surface area contributed by atoms with Crippen molar-refractivity contribution in [3.8, 4) is 0 Å². The number of carboxylic acid groups (broad SMARTS) is 1. The molecule has 0 aliphatic carbocycles. The molecule has 0 fully saturated rings. The fourth-order valence-corrected chi connectivity index (χ4v) is 6.66. The smallest absolute Gasteiger partial charge is 0.306 e. The second-order valence-electron chi connectivity index (χ2n) is 16.3. The van der Waals surface area contributed by atoms with Crippen LogP contribution in [0.3, 0.4) is 0 Å². The molecule has 312 valence electrons. The van der Waals surface area contributed by atoms with Gasteiger partial charge in [-0.2, -0.15) is 0 Å². The molecule has 2 unspecified atom stereocenters. The number of hydrogen-bond acceptors (Lipinski definition) is 7. The molecule has 0 radical (unpaired) electrons. The van der Waals surface area contributed by atoms with Crippen LogP contribution in [0.15, 0.2) is 12.2 Å². The van der Waals surface area contributed by atoms with Crippen LogP contribution in [0.4, 0.5) is 0 Å². The monoisotopic (exact) mass is 752 g/mol. The molecular weight excluding hydrogens is 666 g/mol. The molecule has 2 atom stereocenters. The summed E-state index contributed by atoms with van der Waals surface area (Å²) in [6.45, 7) is 4.62. The third-order valence-corrected chi connectivity index (χ3v) is 10.2. The van der Waals surface area contributed by atoms with E-state index in [1.54, 1.807) is 21.1 Å². The first-order chi connectivity index (χ1) is 25.6. The molecule has 8 heteroatoms. The maximum atomic E-state index is 12.7. The number of esters is 2. The highest BCUT2D eigenvalue weighted by Crippen LogP contribution is 2.16. The van der Waals surface area contributed by atoms with Crippen molar-refractivity contribution in [2.75, 3.05) is 41.0 Å². The van der Waals surface area contributed by atoms with Crippen molar-refractivity contribution in [3.63, 3.8) is 0 Å². The zero-order valence-electron chi connectivity index (χ0n) is 35.4. The van der Waals surface area contributed by atoms with Gasteiger partial charge in [-0.15, -0.1) is 0 Å². The maximum absolute atomic E-state index is 12.7. The lowest BCUT2D eigenvalue weighted by atomic mass is 10.0. The van der Waals surface area contributed by atoms with E-state index in [1.165, 1.54) is 135 Å². The fraction of sp³-hybridized carbons (Fsp3) is 0.889. The third kappa shape index (κ3) is 35.5. The average molecular weight is 752 g/mol. The molecule has 0 amide bonds. The second-order valence-corrected chi connectivity index (χ2v) is 16.3. The highest BCUT2D eigenvalue weighted by molar-refractivity contribution is 5.70. The number of carboxylic acids is 1. The van der Waals surface area contributed by atoms with Gasteiger partial charge in [-0.1, -0.05) is 167 Å². The molecule has 0 heterocycles. The number of allylic oxidation sites excluding steroid dienone is 2. The van der Waals surface area contributed by atoms with Gasteiger partial charge in [0.25, 0.3) is 0 Å². The molecule has 0 aliphatic rings. The number of carbonyl (C=O) groups is 3. The van der Waals surface area contributed by atoms with Crippen molar-refractivity contribution < 1.29 is 38.2 Å². The molecule has 53 heavy (non-hydrogen) atoms. The zero-order valence-corrected chi connectivity index (χ0v) is 35.4. The molecule has 0 rings (SSSR count). The molecule has 0 N–H and O–H groups in total. The predicted molar refractivity (Wildman–Crippen MR) is 217 cm³/mol. The van der Waals surface area contributed by atoms with Crippen LogP contribution < -0.4 is 5.11 Å². The van der Waals surface area contributed by atoms with Crippen LogP contribution in [-0.4, -0.2) is 75.5 Å². The molecule has 0 aliphatic heterocycles. The summed E-state index contributed by atoms with van der Waals surface area (Å²) in [5, 5.41) is 11.6. The van der Waals surface area contributed by atoms with Crippen LogP contribution in [0, 0.1) is 0 Å². The van der Waals surface area contributed by atoms with Crippen molar-refractivity contribution in [2.45, 2.75) is 219 Å². The van der Waals surface area contributed by atoms with Crippen molar-refractivity contribution >= 4 is 17.9 Å². The minimum Gasteiger partial charge on any atom is -0.544 e. The first-order valence-corrected chi connectivity index (χ1v) is 22.2. The number of unbranched alkanes of at least 4 members (excludes halogenated alkanes) is 24. The van der Waals surface area contributed by atoms with Gasteiger partial charge in [0.1, 0.15) is 12.6 Å². The predicted octanol–water partition coefficient (Wildman–Crippen LogP) is 10.6. The van der Waals surface area contributed by atoms with Gasteiger partial charge in [-0.05, 0) is 32.1 Å². The van der Waals surface area contributed by atoms with Crippen LogP contribution in [0.5, 0.6) is 0 Å². The topological polar surface area (TPSA) is 102 Å². The number of rotatable bonds is 40. The fourth-order valence-electron chi connectivity index (χ4n) is 6.66. The lowest BCUT2D eigenvalue weighted by molar-refractivity contribution is -0.889. The normalized spacial score (nSPS) is 13.0. The van der Waals surface area contributed by atoms with E-state index in [-0.39, 0.29) is 42.7 Å². The number of carbonyl (C=O) groups excluding carboxylic acids is 3. The van der Waals surface area contributed by atoms with E-state index in [0.29, 0.717) is 19.3 Å². The summed E-state index contributed by atoms with van der Waals surface area (Å²) in [7, 11) is 5.40. The Kier molecular flexibility index (Phi) is 35.7. The van der Waals surface area contributed by atoms with E-state index in [1.807, 2.05) is 0 Å². The zero-order chi connectivity index (χ0) is 39.3. The molecule has 8 nitrogen and oxygen atoms in total. The second kappa shape index (κ2) is 37.0. The van der Waals surface area contributed by atoms with Crippen LogP contribution in [0.2, 0.25) is 0 Å². The molecule has 0 spiro atoms. The van der Waals surface area contributed by atoms with E-state index in [2.05, 4.69) is 26.0 Å². The first-order valence-electron chi connectivity index (χ1n) is 22.2. The largest absolute Gasteiger partial charge is 0.544 e. The van der Waals surface area contributed by atoms with Crippen molar-refractivity contribution in [3.05, 3.63) is 12.2 Å². The maximum Gasteiger partial charge on any atom is 0.306 e. The number of likely N-dealkylation sites (N-methyl/N-ethyl adjacent to an activating group) is 1. The van der Waals surface area contributed by atoms with E-state index < -0.39 is 18.1 Å². The Balaban J connectivity index is 4.22. The highest BCUT2D eigenvalue weighted by atomic mass is 16.6. The Morgan fingerprint density at radius 2 is 0.962 bits per heavy atom. The van der Waals surface area contributed by atoms with Crippen LogP contribution >= 0.6 is 0 Å². The Morgan fingerprint density at radius 3 is 1.42 bits per heavy atom. The lowest BCUT2D eigenvalue weighted by Gasteiger charge is -2.34. The Labute approximate surface area is 327 Å². The summed E-state index contributed by atoms with van der Waals surface area (Å²) in [6.07, 6.45) is 38.2. The summed E-state index contributed by atoms with van der Waals surface area (Å²) in [6, 6.07) is -0.724. The van der Waals surface area contributed by atoms with Crippen LogP contribution in [-0.2, 0) is 28.6 Å². The number of hydrogen-bond donors (Lipinski definition) is 0. The van der Waals surface area contributed by atoms with Gasteiger partial charge in [0, 0.05) is 19.3 Å². The van der Waals surface area contributed by atoms with Gasteiger partial charge in [-0.3, -0.25) is 9.59 Å². The molecular formula is C45H85NO7. The van der Waals surface area contributed by atoms with Crippen molar-refractivity contribution in [1.82, 2.24) is 0 Å². The van der Waals surface area contributed by atoms with Crippen LogP contribution in [0.1, 0.15) is 206 Å². The molecule has 0 aromatic heterocycles. The number of ether oxygens (including phenoxy) is 3. The lowest BCUT2D eigenvalue weighted by Crippen LogP contribution is -2.55. The van der Waals surface area contributed by atoms with E-state index in [0.717, 1.165) is 32.1 Å². The minimum atomic E-state index is -1.13. The third-order valence-electron chi connectivity index (χ3n) is 10.2. The number of quaternary nitrogens is 1. The Bertz CT molecular complexity index is 885. The molecule has 0 bridgehead atoms. The van der Waals surface area contributed by atoms with E-state index in [9.17, 15) is 19.5 Å². The van der Waals surface area contributed by atoms with Gasteiger partial charge >= 0.3 is 11.9 Å². The summed E-state index contributed by atoms with van der Waals surface area (Å²) < 4.78 is 17.1. The SMILES string of the molecule is CCCCCC/C=C/CCCC(=O)OCC(COCCC(C(=O)[O-])[N+](C)(C)C)OC(=O)CCCCCCCCCCCCCCCCCCCCCC. The van der Waals surface area contributed by atoms with Gasteiger partial charge < -0.3 is 28.6 Å². The van der Waals surface area contributed by atoms with Crippen molar-refractivity contribution in [2.24, 2.45) is 0 Å². The Morgan fingerprint density at radius 1 is 0.547 bits per heavy atom. The number of nitrogens with zero attached hydrogens (tertiary/aromatic N) is 1. The standard InChI is InChI=1S/C45H85NO7/c1-6-8-10-12-14-16-17-18-19-20-21-22-23-24-25-26-28-30-32-34-36-44(48)53-41(39-51-38-37-42(45(49)50)46(3,4)5)40-52-43(47)35-33-31-29-27-15-13-11-9-7-2/h27,29,41-42H,6-26,28,30-40H2,1-5H3/b29-27+. The van der Waals surface area contributed by atoms with Gasteiger partial charge in [-0.25, -0.2) is 0 Å². The summed E-state index contributed by atoms with van der Waals surface area (Å²) >= 11 is 0. The quantitative estimate of drug-likeness (QED) is 0.0266. The summed E-state index contributed by atoms with van der Waals surface area (Å²) in [5.41, 5.74) is 0. The van der Waals surface area contributed by atoms with Crippen molar-refractivity contribution in [1.29, 1.82) is 0 Å². The molecule has 0 aromatic carbocycles. The first kappa shape index (κ1) is 51.1. The Hall–Kier alpha value is -1.93. The molecule has 0 saturated carbocycles. The highest BCUT2D eigenvalue weighted by Gasteiger charge is 2.25. The number of aliphatic carboxylic acids is 1.